The molecule has 3 rings (SSSR count). The van der Waals surface area contributed by atoms with Crippen molar-refractivity contribution < 1.29 is 4.92 Å². The van der Waals surface area contributed by atoms with Crippen LogP contribution < -0.4 is 5.43 Å². The third kappa shape index (κ3) is 4.27. The van der Waals surface area contributed by atoms with Gasteiger partial charge in [0.05, 0.1) is 16.8 Å². The van der Waals surface area contributed by atoms with Crippen LogP contribution in [0.4, 0.5) is 10.8 Å². The average Bonchev–Trinajstić information content (AvgIpc) is 3.11. The molecule has 7 heteroatoms. The Bertz CT molecular complexity index is 886. The van der Waals surface area contributed by atoms with Gasteiger partial charge in [-0.3, -0.25) is 15.5 Å². The second-order valence-corrected chi connectivity index (χ2v) is 6.17. The summed E-state index contributed by atoms with van der Waals surface area (Å²) in [6.07, 6.45) is 2.76. The highest BCUT2D eigenvalue weighted by molar-refractivity contribution is 7.14. The first-order valence-corrected chi connectivity index (χ1v) is 8.62. The lowest BCUT2D eigenvalue weighted by atomic mass is 10.1. The number of hydrazone groups is 1. The van der Waals surface area contributed by atoms with Crippen LogP contribution in [0, 0.1) is 10.1 Å². The summed E-state index contributed by atoms with van der Waals surface area (Å²) in [4.78, 5) is 14.7. The van der Waals surface area contributed by atoms with Crippen molar-refractivity contribution >= 4 is 28.4 Å². The topological polar surface area (TPSA) is 80.4 Å². The Morgan fingerprint density at radius 2 is 1.92 bits per heavy atom. The van der Waals surface area contributed by atoms with Gasteiger partial charge >= 0.3 is 0 Å². The number of rotatable bonds is 6. The Labute approximate surface area is 149 Å². The Balaban J connectivity index is 1.64. The Hall–Kier alpha value is -3.06. The van der Waals surface area contributed by atoms with Crippen molar-refractivity contribution in [1.82, 2.24) is 4.98 Å². The van der Waals surface area contributed by atoms with Gasteiger partial charge in [-0.25, -0.2) is 4.98 Å². The van der Waals surface area contributed by atoms with Crippen LogP contribution in [0.2, 0.25) is 0 Å². The highest BCUT2D eigenvalue weighted by Crippen LogP contribution is 2.26. The lowest BCUT2D eigenvalue weighted by molar-refractivity contribution is -0.384. The molecule has 0 unspecified atom stereocenters. The molecule has 2 aromatic carbocycles. The molecule has 0 atom stereocenters. The first-order chi connectivity index (χ1) is 12.2. The zero-order chi connectivity index (χ0) is 17.6. The first-order valence-electron chi connectivity index (χ1n) is 7.74. The number of nitrogens with zero attached hydrogens (tertiary/aromatic N) is 3. The van der Waals surface area contributed by atoms with E-state index in [0.29, 0.717) is 5.13 Å². The molecule has 0 aliphatic heterocycles. The van der Waals surface area contributed by atoms with Crippen LogP contribution in [-0.2, 0) is 6.42 Å². The molecule has 0 fully saturated rings. The fraction of sp³-hybridized carbons (Fsp3) is 0.111. The van der Waals surface area contributed by atoms with E-state index in [1.165, 1.54) is 29.0 Å². The van der Waals surface area contributed by atoms with Crippen LogP contribution >= 0.6 is 11.3 Å². The molecule has 1 aromatic heterocycles. The second-order valence-electron chi connectivity index (χ2n) is 5.31. The summed E-state index contributed by atoms with van der Waals surface area (Å²) in [6.45, 7) is 2.12. The van der Waals surface area contributed by atoms with Crippen LogP contribution in [0.1, 0.15) is 18.1 Å². The molecule has 0 saturated carbocycles. The van der Waals surface area contributed by atoms with Gasteiger partial charge in [0.2, 0.25) is 5.13 Å². The Morgan fingerprint density at radius 1 is 1.20 bits per heavy atom. The summed E-state index contributed by atoms with van der Waals surface area (Å²) in [6, 6.07) is 14.5. The fourth-order valence-electron chi connectivity index (χ4n) is 2.21. The molecule has 1 N–H and O–H groups in total. The molecule has 6 nitrogen and oxygen atoms in total. The van der Waals surface area contributed by atoms with Crippen molar-refractivity contribution in [3.63, 3.8) is 0 Å². The second kappa shape index (κ2) is 7.67. The summed E-state index contributed by atoms with van der Waals surface area (Å²) in [5.74, 6) is 0. The van der Waals surface area contributed by atoms with E-state index in [0.717, 1.165) is 23.2 Å². The van der Waals surface area contributed by atoms with E-state index in [-0.39, 0.29) is 5.69 Å². The van der Waals surface area contributed by atoms with E-state index >= 15 is 0 Å². The standard InChI is InChI=1S/C18H16N4O2S/c1-2-13-3-5-14(6-4-13)11-19-21-18-20-17(12-25-18)15-7-9-16(10-8-15)22(23)24/h3-12H,2H2,1H3,(H,20,21)/b19-11+. The zero-order valence-corrected chi connectivity index (χ0v) is 14.4. The van der Waals surface area contributed by atoms with Crippen LogP contribution in [0.5, 0.6) is 0 Å². The fourth-order valence-corrected chi connectivity index (χ4v) is 2.88. The van der Waals surface area contributed by atoms with Crippen LogP contribution in [0.15, 0.2) is 59.0 Å². The maximum absolute atomic E-state index is 10.7. The number of thiazole rings is 1. The molecule has 3 aromatic rings. The summed E-state index contributed by atoms with van der Waals surface area (Å²) in [5, 5.41) is 17.4. The van der Waals surface area contributed by atoms with E-state index in [2.05, 4.69) is 34.6 Å². The highest BCUT2D eigenvalue weighted by atomic mass is 32.1. The smallest absolute Gasteiger partial charge is 0.258 e. The Kier molecular flexibility index (Phi) is 5.15. The third-order valence-electron chi connectivity index (χ3n) is 3.64. The third-order valence-corrected chi connectivity index (χ3v) is 4.39. The lowest BCUT2D eigenvalue weighted by Gasteiger charge is -1.98. The van der Waals surface area contributed by atoms with Gasteiger partial charge in [0.25, 0.3) is 5.69 Å². The van der Waals surface area contributed by atoms with Crippen LogP contribution in [0.25, 0.3) is 11.3 Å². The largest absolute Gasteiger partial charge is 0.269 e. The van der Waals surface area contributed by atoms with E-state index in [9.17, 15) is 10.1 Å². The predicted octanol–water partition coefficient (Wildman–Crippen LogP) is 4.73. The van der Waals surface area contributed by atoms with Gasteiger partial charge in [-0.05, 0) is 29.7 Å². The molecule has 0 radical (unpaired) electrons. The van der Waals surface area contributed by atoms with Crippen molar-refractivity contribution in [2.45, 2.75) is 13.3 Å². The average molecular weight is 352 g/mol. The zero-order valence-electron chi connectivity index (χ0n) is 13.5. The summed E-state index contributed by atoms with van der Waals surface area (Å²) < 4.78 is 0. The van der Waals surface area contributed by atoms with Crippen LogP contribution in [-0.4, -0.2) is 16.1 Å². The number of nitro groups is 1. The van der Waals surface area contributed by atoms with E-state index in [1.807, 2.05) is 17.5 Å². The van der Waals surface area contributed by atoms with Gasteiger partial charge in [-0.15, -0.1) is 11.3 Å². The molecule has 0 aliphatic rings. The summed E-state index contributed by atoms with van der Waals surface area (Å²) >= 11 is 1.43. The quantitative estimate of drug-likeness (QED) is 0.395. The first kappa shape index (κ1) is 16.8. The minimum atomic E-state index is -0.417. The maximum Gasteiger partial charge on any atom is 0.269 e. The molecular weight excluding hydrogens is 336 g/mol. The van der Waals surface area contributed by atoms with Gasteiger partial charge in [0, 0.05) is 23.1 Å². The van der Waals surface area contributed by atoms with Gasteiger partial charge in [-0.2, -0.15) is 5.10 Å². The van der Waals surface area contributed by atoms with E-state index in [4.69, 9.17) is 0 Å². The van der Waals surface area contributed by atoms with Crippen molar-refractivity contribution in [3.05, 3.63) is 75.2 Å². The lowest BCUT2D eigenvalue weighted by Crippen LogP contribution is -1.91. The van der Waals surface area contributed by atoms with E-state index in [1.54, 1.807) is 18.3 Å². The number of hydrogen-bond donors (Lipinski definition) is 1. The Morgan fingerprint density at radius 3 is 2.56 bits per heavy atom. The molecule has 1 heterocycles. The van der Waals surface area contributed by atoms with E-state index < -0.39 is 4.92 Å². The molecule has 25 heavy (non-hydrogen) atoms. The maximum atomic E-state index is 10.7. The van der Waals surface area contributed by atoms with Crippen LogP contribution in [0.3, 0.4) is 0 Å². The van der Waals surface area contributed by atoms with Gasteiger partial charge in [0.1, 0.15) is 0 Å². The molecule has 0 saturated heterocycles. The number of aryl methyl sites for hydroxylation is 1. The number of non-ortho nitro benzene ring substituents is 1. The minimum absolute atomic E-state index is 0.0658. The number of aromatic nitrogens is 1. The van der Waals surface area contributed by atoms with Gasteiger partial charge < -0.3 is 0 Å². The monoisotopic (exact) mass is 352 g/mol. The molecule has 0 aliphatic carbocycles. The molecule has 126 valence electrons. The predicted molar refractivity (Wildman–Crippen MR) is 101 cm³/mol. The molecule has 0 bridgehead atoms. The van der Waals surface area contributed by atoms with Gasteiger partial charge in [0.15, 0.2) is 0 Å². The molecule has 0 spiro atoms. The normalized spacial score (nSPS) is 10.9. The molecular formula is C18H16N4O2S. The van der Waals surface area contributed by atoms with Gasteiger partial charge in [-0.1, -0.05) is 31.2 Å². The minimum Gasteiger partial charge on any atom is -0.258 e. The number of nitrogens with one attached hydrogen (secondary N) is 1. The summed E-state index contributed by atoms with van der Waals surface area (Å²) in [5.41, 5.74) is 6.86. The number of hydrogen-bond acceptors (Lipinski definition) is 6. The van der Waals surface area contributed by atoms with Crippen molar-refractivity contribution in [2.75, 3.05) is 5.43 Å². The number of anilines is 1. The number of nitro benzene ring substituents is 1. The van der Waals surface area contributed by atoms with Crippen molar-refractivity contribution in [3.8, 4) is 11.3 Å². The molecule has 0 amide bonds. The van der Waals surface area contributed by atoms with Crippen molar-refractivity contribution in [1.29, 1.82) is 0 Å². The summed E-state index contributed by atoms with van der Waals surface area (Å²) in [7, 11) is 0. The SMILES string of the molecule is CCc1ccc(/C=N/Nc2nc(-c3ccc([N+](=O)[O-])cc3)cs2)cc1. The number of benzene rings is 2. The van der Waals surface area contributed by atoms with Crippen molar-refractivity contribution in [2.24, 2.45) is 5.10 Å². The highest BCUT2D eigenvalue weighted by Gasteiger charge is 2.07.